The molecule has 0 saturated carbocycles. The lowest BCUT2D eigenvalue weighted by Crippen LogP contribution is -2.55. The summed E-state index contributed by atoms with van der Waals surface area (Å²) in [6, 6.07) is 5.96. The van der Waals surface area contributed by atoms with Crippen LogP contribution in [-0.4, -0.2) is 43.1 Å². The van der Waals surface area contributed by atoms with Crippen molar-refractivity contribution in [1.82, 2.24) is 10.2 Å². The summed E-state index contributed by atoms with van der Waals surface area (Å²) >= 11 is 5.98. The molecule has 122 valence electrons. The normalized spacial score (nSPS) is 21.5. The molecule has 1 aromatic carbocycles. The second-order valence-corrected chi connectivity index (χ2v) is 5.87. The van der Waals surface area contributed by atoms with E-state index >= 15 is 0 Å². The van der Waals surface area contributed by atoms with Gasteiger partial charge in [0.15, 0.2) is 0 Å². The maximum Gasteiger partial charge on any atom is 0.246 e. The lowest BCUT2D eigenvalue weighted by atomic mass is 10.1. The van der Waals surface area contributed by atoms with Gasteiger partial charge in [0.05, 0.1) is 7.11 Å². The number of carbonyl (C=O) groups is 1. The van der Waals surface area contributed by atoms with Gasteiger partial charge in [0, 0.05) is 41.8 Å². The Labute approximate surface area is 142 Å². The molecule has 1 N–H and O–H groups in total. The zero-order valence-corrected chi connectivity index (χ0v) is 14.6. The summed E-state index contributed by atoms with van der Waals surface area (Å²) in [6.07, 6.45) is 3.34. The fourth-order valence-corrected chi connectivity index (χ4v) is 2.79. The molecule has 22 heavy (non-hydrogen) atoms. The number of benzene rings is 1. The van der Waals surface area contributed by atoms with E-state index in [0.29, 0.717) is 22.9 Å². The third-order valence-corrected chi connectivity index (χ3v) is 3.70. The van der Waals surface area contributed by atoms with Gasteiger partial charge in [0.1, 0.15) is 5.75 Å². The molecule has 0 spiro atoms. The molecular formula is C16H22Cl2N2O2. The summed E-state index contributed by atoms with van der Waals surface area (Å²) < 4.78 is 5.27. The molecule has 2 atom stereocenters. The molecule has 1 aromatic rings. The summed E-state index contributed by atoms with van der Waals surface area (Å²) in [5, 5.41) is 4.03. The van der Waals surface area contributed by atoms with E-state index in [4.69, 9.17) is 16.3 Å². The molecule has 2 rings (SSSR count). The fourth-order valence-electron chi connectivity index (χ4n) is 2.61. The number of carbonyl (C=O) groups excluding carboxylic acids is 1. The van der Waals surface area contributed by atoms with Gasteiger partial charge in [-0.15, -0.1) is 12.4 Å². The fraction of sp³-hybridized carbons (Fsp3) is 0.438. The molecule has 0 radical (unpaired) electrons. The Morgan fingerprint density at radius 3 is 2.59 bits per heavy atom. The van der Waals surface area contributed by atoms with Gasteiger partial charge in [-0.25, -0.2) is 0 Å². The molecule has 1 amide bonds. The van der Waals surface area contributed by atoms with Crippen LogP contribution in [0.2, 0.25) is 5.02 Å². The van der Waals surface area contributed by atoms with Gasteiger partial charge in [0.25, 0.3) is 0 Å². The number of ether oxygens (including phenoxy) is 1. The highest BCUT2D eigenvalue weighted by molar-refractivity contribution is 6.30. The minimum absolute atomic E-state index is 0. The second-order valence-electron chi connectivity index (χ2n) is 5.43. The smallest absolute Gasteiger partial charge is 0.246 e. The first-order valence-electron chi connectivity index (χ1n) is 7.06. The highest BCUT2D eigenvalue weighted by Crippen LogP contribution is 2.23. The van der Waals surface area contributed by atoms with Crippen LogP contribution in [0, 0.1) is 0 Å². The summed E-state index contributed by atoms with van der Waals surface area (Å²) in [5.41, 5.74) is 0.801. The van der Waals surface area contributed by atoms with Crippen LogP contribution < -0.4 is 10.1 Å². The Hall–Kier alpha value is -1.23. The van der Waals surface area contributed by atoms with Crippen molar-refractivity contribution in [2.45, 2.75) is 25.9 Å². The van der Waals surface area contributed by atoms with Crippen LogP contribution in [0.5, 0.6) is 5.75 Å². The predicted octanol–water partition coefficient (Wildman–Crippen LogP) is 2.99. The standard InChI is InChI=1S/C16H21ClN2O2.ClH/c1-11-9-19(10-12(2)18-11)16(20)7-4-13-8-14(17)5-6-15(13)21-3;/h4-8,11-12,18H,9-10H2,1-3H3;1H/b7-4+;. The molecule has 1 aliphatic rings. The van der Waals surface area contributed by atoms with E-state index < -0.39 is 0 Å². The molecule has 1 aliphatic heterocycles. The van der Waals surface area contributed by atoms with E-state index in [1.54, 1.807) is 37.5 Å². The van der Waals surface area contributed by atoms with Gasteiger partial charge < -0.3 is 15.0 Å². The van der Waals surface area contributed by atoms with E-state index in [0.717, 1.165) is 18.7 Å². The van der Waals surface area contributed by atoms with Crippen molar-refractivity contribution in [2.75, 3.05) is 20.2 Å². The van der Waals surface area contributed by atoms with Crippen molar-refractivity contribution < 1.29 is 9.53 Å². The third-order valence-electron chi connectivity index (χ3n) is 3.47. The molecule has 1 fully saturated rings. The van der Waals surface area contributed by atoms with Crippen LogP contribution >= 0.6 is 24.0 Å². The Bertz CT molecular complexity index is 539. The molecule has 0 aromatic heterocycles. The topological polar surface area (TPSA) is 41.6 Å². The first-order valence-corrected chi connectivity index (χ1v) is 7.44. The summed E-state index contributed by atoms with van der Waals surface area (Å²) in [7, 11) is 1.60. The number of amides is 1. The molecule has 4 nitrogen and oxygen atoms in total. The lowest BCUT2D eigenvalue weighted by molar-refractivity contribution is -0.127. The zero-order valence-electron chi connectivity index (χ0n) is 13.0. The van der Waals surface area contributed by atoms with Gasteiger partial charge in [0.2, 0.25) is 5.91 Å². The Morgan fingerprint density at radius 2 is 2.00 bits per heavy atom. The quantitative estimate of drug-likeness (QED) is 0.857. The number of methoxy groups -OCH3 is 1. The summed E-state index contributed by atoms with van der Waals surface area (Å²) in [4.78, 5) is 14.1. The van der Waals surface area contributed by atoms with Crippen LogP contribution in [0.15, 0.2) is 24.3 Å². The number of rotatable bonds is 3. The van der Waals surface area contributed by atoms with Crippen molar-refractivity contribution in [1.29, 1.82) is 0 Å². The molecule has 1 saturated heterocycles. The maximum absolute atomic E-state index is 12.3. The first kappa shape index (κ1) is 18.8. The second kappa shape index (κ2) is 8.42. The SMILES string of the molecule is COc1ccc(Cl)cc1/C=C/C(=O)N1CC(C)NC(C)C1.Cl. The van der Waals surface area contributed by atoms with Gasteiger partial charge in [-0.05, 0) is 38.1 Å². The molecular weight excluding hydrogens is 323 g/mol. The van der Waals surface area contributed by atoms with Crippen molar-refractivity contribution in [3.8, 4) is 5.75 Å². The van der Waals surface area contributed by atoms with Gasteiger partial charge in [-0.3, -0.25) is 4.79 Å². The Morgan fingerprint density at radius 1 is 1.36 bits per heavy atom. The Balaban J connectivity index is 0.00000242. The van der Waals surface area contributed by atoms with Gasteiger partial charge in [-0.1, -0.05) is 11.6 Å². The number of halogens is 2. The minimum atomic E-state index is 0. The molecule has 0 bridgehead atoms. The number of nitrogens with one attached hydrogen (secondary N) is 1. The van der Waals surface area contributed by atoms with E-state index in [1.807, 2.05) is 4.90 Å². The van der Waals surface area contributed by atoms with Crippen molar-refractivity contribution in [3.63, 3.8) is 0 Å². The summed E-state index contributed by atoms with van der Waals surface area (Å²) in [6.45, 7) is 5.61. The number of hydrogen-bond acceptors (Lipinski definition) is 3. The van der Waals surface area contributed by atoms with Gasteiger partial charge in [-0.2, -0.15) is 0 Å². The molecule has 0 aliphatic carbocycles. The van der Waals surface area contributed by atoms with Crippen molar-refractivity contribution >= 4 is 36.0 Å². The van der Waals surface area contributed by atoms with Crippen LogP contribution in [-0.2, 0) is 4.79 Å². The lowest BCUT2D eigenvalue weighted by Gasteiger charge is -2.35. The highest BCUT2D eigenvalue weighted by atomic mass is 35.5. The van der Waals surface area contributed by atoms with E-state index in [1.165, 1.54) is 0 Å². The summed E-state index contributed by atoms with van der Waals surface area (Å²) in [5.74, 6) is 0.711. The minimum Gasteiger partial charge on any atom is -0.496 e. The van der Waals surface area contributed by atoms with Crippen LogP contribution in [0.1, 0.15) is 19.4 Å². The zero-order chi connectivity index (χ0) is 15.4. The van der Waals surface area contributed by atoms with E-state index in [9.17, 15) is 4.79 Å². The number of hydrogen-bond donors (Lipinski definition) is 1. The van der Waals surface area contributed by atoms with Crippen molar-refractivity contribution in [3.05, 3.63) is 34.9 Å². The van der Waals surface area contributed by atoms with Crippen molar-refractivity contribution in [2.24, 2.45) is 0 Å². The molecule has 6 heteroatoms. The molecule has 1 heterocycles. The Kier molecular flexibility index (Phi) is 7.20. The van der Waals surface area contributed by atoms with Crippen LogP contribution in [0.3, 0.4) is 0 Å². The van der Waals surface area contributed by atoms with Gasteiger partial charge >= 0.3 is 0 Å². The largest absolute Gasteiger partial charge is 0.496 e. The average Bonchev–Trinajstić information content (AvgIpc) is 2.43. The van der Waals surface area contributed by atoms with Crippen LogP contribution in [0.25, 0.3) is 6.08 Å². The highest BCUT2D eigenvalue weighted by Gasteiger charge is 2.23. The first-order chi connectivity index (χ1) is 9.99. The van der Waals surface area contributed by atoms with E-state index in [-0.39, 0.29) is 18.3 Å². The predicted molar refractivity (Wildman–Crippen MR) is 92.9 cm³/mol. The van der Waals surface area contributed by atoms with Crippen LogP contribution in [0.4, 0.5) is 0 Å². The van der Waals surface area contributed by atoms with E-state index in [2.05, 4.69) is 19.2 Å². The number of piperazine rings is 1. The maximum atomic E-state index is 12.3. The monoisotopic (exact) mass is 344 g/mol. The number of nitrogens with zero attached hydrogens (tertiary/aromatic N) is 1. The third kappa shape index (κ3) is 4.90. The molecule has 2 unspecified atom stereocenters. The average molecular weight is 345 g/mol.